The Morgan fingerprint density at radius 3 is 2.19 bits per heavy atom. The van der Waals surface area contributed by atoms with Gasteiger partial charge in [-0.05, 0) is 12.1 Å². The van der Waals surface area contributed by atoms with Crippen LogP contribution < -0.4 is 5.32 Å². The van der Waals surface area contributed by atoms with Crippen molar-refractivity contribution in [2.75, 3.05) is 6.54 Å². The number of hydrogen-bond acceptors (Lipinski definition) is 2. The lowest BCUT2D eigenvalue weighted by molar-refractivity contribution is -0.139. The third kappa shape index (κ3) is 3.00. The molecule has 0 bridgehead atoms. The molecule has 1 aromatic rings. The van der Waals surface area contributed by atoms with Crippen molar-refractivity contribution in [1.29, 1.82) is 0 Å². The van der Waals surface area contributed by atoms with Gasteiger partial charge in [0.1, 0.15) is 6.04 Å². The molecule has 1 unspecified atom stereocenters. The molecule has 0 saturated heterocycles. The van der Waals surface area contributed by atoms with Crippen molar-refractivity contribution in [3.63, 3.8) is 0 Å². The molecule has 0 fully saturated rings. The van der Waals surface area contributed by atoms with Crippen molar-refractivity contribution in [2.24, 2.45) is 0 Å². The van der Waals surface area contributed by atoms with Gasteiger partial charge < -0.3 is 10.4 Å². The van der Waals surface area contributed by atoms with Crippen LogP contribution in [0.5, 0.6) is 0 Å². The molecule has 5 heteroatoms. The maximum Gasteiger partial charge on any atom is 0.325 e. The van der Waals surface area contributed by atoms with Gasteiger partial charge in [0.05, 0.1) is 0 Å². The first-order valence-corrected chi connectivity index (χ1v) is 4.90. The SMILES string of the molecule is CCNC(C(=O)O)c1ccc(C(F)F)cc1. The molecular weight excluding hydrogens is 216 g/mol. The van der Waals surface area contributed by atoms with Crippen molar-refractivity contribution in [2.45, 2.75) is 19.4 Å². The zero-order chi connectivity index (χ0) is 12.1. The van der Waals surface area contributed by atoms with Crippen LogP contribution in [0.2, 0.25) is 0 Å². The van der Waals surface area contributed by atoms with Gasteiger partial charge in [-0.15, -0.1) is 0 Å². The molecule has 1 atom stereocenters. The molecular formula is C11H13F2NO2. The Morgan fingerprint density at radius 1 is 1.31 bits per heavy atom. The van der Waals surface area contributed by atoms with Crippen LogP contribution in [0.25, 0.3) is 0 Å². The van der Waals surface area contributed by atoms with Crippen molar-refractivity contribution >= 4 is 5.97 Å². The van der Waals surface area contributed by atoms with Crippen LogP contribution in [-0.2, 0) is 4.79 Å². The number of hydrogen-bond donors (Lipinski definition) is 2. The van der Waals surface area contributed by atoms with E-state index in [0.29, 0.717) is 12.1 Å². The molecule has 0 spiro atoms. The standard InChI is InChI=1S/C11H13F2NO2/c1-2-14-9(11(15)16)7-3-5-8(6-4-7)10(12)13/h3-6,9-10,14H,2H2,1H3,(H,15,16). The Labute approximate surface area is 92.1 Å². The summed E-state index contributed by atoms with van der Waals surface area (Å²) in [7, 11) is 0. The fourth-order valence-electron chi connectivity index (χ4n) is 1.39. The second-order valence-corrected chi connectivity index (χ2v) is 3.30. The molecule has 0 aromatic heterocycles. The van der Waals surface area contributed by atoms with Gasteiger partial charge in [0.15, 0.2) is 0 Å². The van der Waals surface area contributed by atoms with Gasteiger partial charge in [-0.25, -0.2) is 8.78 Å². The zero-order valence-corrected chi connectivity index (χ0v) is 8.78. The summed E-state index contributed by atoms with van der Waals surface area (Å²) in [6.45, 7) is 2.27. The molecule has 0 heterocycles. The van der Waals surface area contributed by atoms with Crippen molar-refractivity contribution < 1.29 is 18.7 Å². The van der Waals surface area contributed by atoms with Crippen LogP contribution in [0.15, 0.2) is 24.3 Å². The highest BCUT2D eigenvalue weighted by molar-refractivity contribution is 5.75. The van der Waals surface area contributed by atoms with Gasteiger partial charge in [-0.3, -0.25) is 4.79 Å². The number of alkyl halides is 2. The smallest absolute Gasteiger partial charge is 0.325 e. The fourth-order valence-corrected chi connectivity index (χ4v) is 1.39. The minimum absolute atomic E-state index is 0.107. The average molecular weight is 229 g/mol. The molecule has 0 aliphatic heterocycles. The van der Waals surface area contributed by atoms with Crippen molar-refractivity contribution in [3.05, 3.63) is 35.4 Å². The zero-order valence-electron chi connectivity index (χ0n) is 8.78. The van der Waals surface area contributed by atoms with E-state index in [2.05, 4.69) is 5.32 Å². The van der Waals surface area contributed by atoms with Crippen LogP contribution >= 0.6 is 0 Å². The maximum absolute atomic E-state index is 12.3. The van der Waals surface area contributed by atoms with E-state index in [1.54, 1.807) is 6.92 Å². The van der Waals surface area contributed by atoms with E-state index in [4.69, 9.17) is 5.11 Å². The number of carboxylic acid groups (broad SMARTS) is 1. The normalized spacial score (nSPS) is 12.8. The second-order valence-electron chi connectivity index (χ2n) is 3.30. The molecule has 0 radical (unpaired) electrons. The van der Waals surface area contributed by atoms with E-state index in [0.717, 1.165) is 0 Å². The predicted octanol–water partition coefficient (Wildman–Crippen LogP) is 2.36. The molecule has 2 N–H and O–H groups in total. The molecule has 16 heavy (non-hydrogen) atoms. The van der Waals surface area contributed by atoms with Crippen LogP contribution in [0, 0.1) is 0 Å². The Morgan fingerprint density at radius 2 is 1.81 bits per heavy atom. The topological polar surface area (TPSA) is 49.3 Å². The number of likely N-dealkylation sites (N-methyl/N-ethyl adjacent to an activating group) is 1. The first-order valence-electron chi connectivity index (χ1n) is 4.90. The third-order valence-electron chi connectivity index (χ3n) is 2.18. The summed E-state index contributed by atoms with van der Waals surface area (Å²) in [6, 6.07) is 4.45. The van der Waals surface area contributed by atoms with Crippen LogP contribution in [-0.4, -0.2) is 17.6 Å². The summed E-state index contributed by atoms with van der Waals surface area (Å²) in [6.07, 6.45) is -2.53. The van der Waals surface area contributed by atoms with Crippen LogP contribution in [0.1, 0.15) is 30.5 Å². The molecule has 0 amide bonds. The lowest BCUT2D eigenvalue weighted by Crippen LogP contribution is -2.28. The molecule has 88 valence electrons. The molecule has 1 aromatic carbocycles. The van der Waals surface area contributed by atoms with E-state index in [-0.39, 0.29) is 5.56 Å². The Kier molecular flexibility index (Phi) is 4.37. The van der Waals surface area contributed by atoms with Gasteiger partial charge in [0.25, 0.3) is 6.43 Å². The number of rotatable bonds is 5. The number of halogens is 2. The number of aliphatic carboxylic acids is 1. The van der Waals surface area contributed by atoms with Crippen LogP contribution in [0.4, 0.5) is 8.78 Å². The molecule has 1 rings (SSSR count). The quantitative estimate of drug-likeness (QED) is 0.814. The van der Waals surface area contributed by atoms with Crippen molar-refractivity contribution in [1.82, 2.24) is 5.32 Å². The van der Waals surface area contributed by atoms with E-state index in [9.17, 15) is 13.6 Å². The number of nitrogens with one attached hydrogen (secondary N) is 1. The minimum atomic E-state index is -2.53. The van der Waals surface area contributed by atoms with Gasteiger partial charge in [-0.1, -0.05) is 31.2 Å². The van der Waals surface area contributed by atoms with Gasteiger partial charge in [0, 0.05) is 5.56 Å². The Hall–Kier alpha value is -1.49. The molecule has 0 aliphatic rings. The largest absolute Gasteiger partial charge is 0.480 e. The molecule has 0 aliphatic carbocycles. The Bertz CT molecular complexity index is 352. The lowest BCUT2D eigenvalue weighted by Gasteiger charge is -2.13. The summed E-state index contributed by atoms with van der Waals surface area (Å²) in [5.41, 5.74) is 0.364. The van der Waals surface area contributed by atoms with Gasteiger partial charge in [0.2, 0.25) is 0 Å². The summed E-state index contributed by atoms with van der Waals surface area (Å²) >= 11 is 0. The highest BCUT2D eigenvalue weighted by Gasteiger charge is 2.18. The lowest BCUT2D eigenvalue weighted by atomic mass is 10.1. The highest BCUT2D eigenvalue weighted by Crippen LogP contribution is 2.21. The summed E-state index contributed by atoms with van der Waals surface area (Å²) < 4.78 is 24.5. The van der Waals surface area contributed by atoms with E-state index in [1.807, 2.05) is 0 Å². The average Bonchev–Trinajstić information content (AvgIpc) is 2.25. The maximum atomic E-state index is 12.3. The molecule has 3 nitrogen and oxygen atoms in total. The second kappa shape index (κ2) is 5.55. The van der Waals surface area contributed by atoms with Gasteiger partial charge in [-0.2, -0.15) is 0 Å². The van der Waals surface area contributed by atoms with E-state index in [1.165, 1.54) is 24.3 Å². The summed E-state index contributed by atoms with van der Waals surface area (Å²) in [5, 5.41) is 11.7. The highest BCUT2D eigenvalue weighted by atomic mass is 19.3. The summed E-state index contributed by atoms with van der Waals surface area (Å²) in [4.78, 5) is 10.9. The molecule has 0 saturated carbocycles. The fraction of sp³-hybridized carbons (Fsp3) is 0.364. The Balaban J connectivity index is 2.89. The van der Waals surface area contributed by atoms with E-state index < -0.39 is 18.4 Å². The third-order valence-corrected chi connectivity index (χ3v) is 2.18. The number of benzene rings is 1. The minimum Gasteiger partial charge on any atom is -0.480 e. The van der Waals surface area contributed by atoms with Crippen molar-refractivity contribution in [3.8, 4) is 0 Å². The predicted molar refractivity (Wildman–Crippen MR) is 55.5 cm³/mol. The van der Waals surface area contributed by atoms with Crippen LogP contribution in [0.3, 0.4) is 0 Å². The summed E-state index contributed by atoms with van der Waals surface area (Å²) in [5.74, 6) is -1.02. The number of carbonyl (C=O) groups is 1. The first kappa shape index (κ1) is 12.6. The van der Waals surface area contributed by atoms with E-state index >= 15 is 0 Å². The first-order chi connectivity index (χ1) is 7.56. The monoisotopic (exact) mass is 229 g/mol. The number of carboxylic acids is 1. The van der Waals surface area contributed by atoms with Gasteiger partial charge >= 0.3 is 5.97 Å².